The van der Waals surface area contributed by atoms with Gasteiger partial charge in [-0.15, -0.1) is 11.3 Å². The SMILES string of the molecule is Cc1nc(Cc2ccc(F)cc2)sc1C(=O)Nc1cccc(N2CCNC2=O)c1. The smallest absolute Gasteiger partial charge is 0.321 e. The Hall–Kier alpha value is -3.26. The number of aromatic nitrogens is 1. The average molecular weight is 410 g/mol. The number of aryl methyl sites for hydroxylation is 1. The van der Waals surface area contributed by atoms with Gasteiger partial charge < -0.3 is 10.6 Å². The molecule has 0 spiro atoms. The molecule has 1 aromatic heterocycles. The van der Waals surface area contributed by atoms with Crippen LogP contribution in [0.2, 0.25) is 0 Å². The van der Waals surface area contributed by atoms with Crippen LogP contribution >= 0.6 is 11.3 Å². The van der Waals surface area contributed by atoms with Crippen molar-refractivity contribution < 1.29 is 14.0 Å². The molecule has 8 heteroatoms. The molecule has 0 atom stereocenters. The van der Waals surface area contributed by atoms with Gasteiger partial charge in [0.05, 0.1) is 10.7 Å². The molecule has 1 aliphatic rings. The highest BCUT2D eigenvalue weighted by Gasteiger charge is 2.22. The van der Waals surface area contributed by atoms with Crippen molar-refractivity contribution in [3.8, 4) is 0 Å². The Bertz CT molecular complexity index is 1060. The molecule has 3 amide bonds. The first-order chi connectivity index (χ1) is 14.0. The molecule has 0 unspecified atom stereocenters. The second kappa shape index (κ2) is 8.00. The van der Waals surface area contributed by atoms with Crippen molar-refractivity contribution in [2.24, 2.45) is 0 Å². The Morgan fingerprint density at radius 1 is 1.28 bits per heavy atom. The van der Waals surface area contributed by atoms with E-state index in [2.05, 4.69) is 15.6 Å². The number of hydrogen-bond acceptors (Lipinski definition) is 4. The van der Waals surface area contributed by atoms with Gasteiger partial charge in [-0.05, 0) is 42.8 Å². The van der Waals surface area contributed by atoms with Crippen LogP contribution in [0.5, 0.6) is 0 Å². The van der Waals surface area contributed by atoms with Gasteiger partial charge >= 0.3 is 6.03 Å². The molecule has 1 fully saturated rings. The van der Waals surface area contributed by atoms with Crippen LogP contribution in [0.25, 0.3) is 0 Å². The van der Waals surface area contributed by atoms with E-state index in [1.54, 1.807) is 42.2 Å². The van der Waals surface area contributed by atoms with Crippen LogP contribution in [0.4, 0.5) is 20.6 Å². The number of halogens is 1. The molecule has 2 aromatic carbocycles. The second-order valence-corrected chi connectivity index (χ2v) is 7.80. The first-order valence-corrected chi connectivity index (χ1v) is 9.99. The summed E-state index contributed by atoms with van der Waals surface area (Å²) in [5.74, 6) is -0.522. The van der Waals surface area contributed by atoms with Crippen LogP contribution < -0.4 is 15.5 Å². The van der Waals surface area contributed by atoms with Crippen LogP contribution in [0.1, 0.15) is 25.9 Å². The maximum atomic E-state index is 13.1. The predicted molar refractivity (Wildman–Crippen MR) is 111 cm³/mol. The Balaban J connectivity index is 1.48. The van der Waals surface area contributed by atoms with Crippen LogP contribution in [-0.2, 0) is 6.42 Å². The zero-order valence-electron chi connectivity index (χ0n) is 15.7. The Morgan fingerprint density at radius 3 is 2.79 bits per heavy atom. The molecule has 0 radical (unpaired) electrons. The highest BCUT2D eigenvalue weighted by atomic mass is 32.1. The van der Waals surface area contributed by atoms with Gasteiger partial charge in [-0.2, -0.15) is 0 Å². The van der Waals surface area contributed by atoms with E-state index in [0.717, 1.165) is 16.3 Å². The van der Waals surface area contributed by atoms with E-state index >= 15 is 0 Å². The molecule has 0 aliphatic carbocycles. The number of amides is 3. The quantitative estimate of drug-likeness (QED) is 0.669. The summed E-state index contributed by atoms with van der Waals surface area (Å²) in [4.78, 5) is 31.3. The highest BCUT2D eigenvalue weighted by Crippen LogP contribution is 2.25. The molecular formula is C21H19FN4O2S. The van der Waals surface area contributed by atoms with Gasteiger partial charge in [-0.1, -0.05) is 18.2 Å². The number of thiazole rings is 1. The summed E-state index contributed by atoms with van der Waals surface area (Å²) in [6.45, 7) is 2.99. The van der Waals surface area contributed by atoms with Crippen molar-refractivity contribution in [2.75, 3.05) is 23.3 Å². The van der Waals surface area contributed by atoms with Gasteiger partial charge in [0.2, 0.25) is 0 Å². The van der Waals surface area contributed by atoms with Crippen molar-refractivity contribution in [3.63, 3.8) is 0 Å². The third kappa shape index (κ3) is 4.27. The Labute approximate surface area is 171 Å². The number of carbonyl (C=O) groups excluding carboxylic acids is 2. The van der Waals surface area contributed by atoms with Crippen molar-refractivity contribution in [1.82, 2.24) is 10.3 Å². The number of hydrogen-bond donors (Lipinski definition) is 2. The molecule has 2 N–H and O–H groups in total. The minimum Gasteiger partial charge on any atom is -0.336 e. The van der Waals surface area contributed by atoms with Gasteiger partial charge in [-0.3, -0.25) is 9.69 Å². The number of urea groups is 1. The highest BCUT2D eigenvalue weighted by molar-refractivity contribution is 7.14. The lowest BCUT2D eigenvalue weighted by Gasteiger charge is -2.15. The van der Waals surface area contributed by atoms with E-state index in [0.29, 0.717) is 35.8 Å². The zero-order chi connectivity index (χ0) is 20.4. The lowest BCUT2D eigenvalue weighted by atomic mass is 10.1. The van der Waals surface area contributed by atoms with Crippen molar-refractivity contribution in [2.45, 2.75) is 13.3 Å². The number of nitrogens with zero attached hydrogens (tertiary/aromatic N) is 2. The topological polar surface area (TPSA) is 74.3 Å². The first kappa shape index (κ1) is 19.1. The lowest BCUT2D eigenvalue weighted by molar-refractivity contribution is 0.103. The fourth-order valence-corrected chi connectivity index (χ4v) is 4.17. The lowest BCUT2D eigenvalue weighted by Crippen LogP contribution is -2.27. The summed E-state index contributed by atoms with van der Waals surface area (Å²) in [5.41, 5.74) is 2.93. The van der Waals surface area contributed by atoms with Crippen LogP contribution in [-0.4, -0.2) is 30.0 Å². The van der Waals surface area contributed by atoms with E-state index in [1.807, 2.05) is 6.07 Å². The fourth-order valence-electron chi connectivity index (χ4n) is 3.17. The van der Waals surface area contributed by atoms with Gasteiger partial charge in [0.25, 0.3) is 5.91 Å². The van der Waals surface area contributed by atoms with Crippen LogP contribution in [0.3, 0.4) is 0 Å². The maximum Gasteiger partial charge on any atom is 0.321 e. The zero-order valence-corrected chi connectivity index (χ0v) is 16.6. The molecule has 1 saturated heterocycles. The van der Waals surface area contributed by atoms with Crippen LogP contribution in [0, 0.1) is 12.7 Å². The third-order valence-electron chi connectivity index (χ3n) is 4.59. The molecule has 6 nitrogen and oxygen atoms in total. The molecule has 29 heavy (non-hydrogen) atoms. The van der Waals surface area contributed by atoms with Gasteiger partial charge in [0.1, 0.15) is 10.7 Å². The summed E-state index contributed by atoms with van der Waals surface area (Å²) in [6, 6.07) is 13.3. The minimum atomic E-state index is -0.280. The molecule has 0 bridgehead atoms. The second-order valence-electron chi connectivity index (χ2n) is 6.71. The molecule has 4 rings (SSSR count). The summed E-state index contributed by atoms with van der Waals surface area (Å²) in [5, 5.41) is 6.44. The fraction of sp³-hybridized carbons (Fsp3) is 0.190. The number of nitrogens with one attached hydrogen (secondary N) is 2. The maximum absolute atomic E-state index is 13.1. The number of carbonyl (C=O) groups is 2. The molecule has 2 heterocycles. The van der Waals surface area contributed by atoms with E-state index in [-0.39, 0.29) is 17.8 Å². The summed E-state index contributed by atoms with van der Waals surface area (Å²) in [6.07, 6.45) is 0.540. The standard InChI is InChI=1S/C21H19FN4O2S/c1-13-19(29-18(24-13)11-14-5-7-15(22)8-6-14)20(27)25-16-3-2-4-17(12-16)26-10-9-23-21(26)28/h2-8,12H,9-11H2,1H3,(H,23,28)(H,25,27). The largest absolute Gasteiger partial charge is 0.336 e. The van der Waals surface area contributed by atoms with Crippen molar-refractivity contribution >= 4 is 34.6 Å². The predicted octanol–water partition coefficient (Wildman–Crippen LogP) is 3.96. The number of rotatable bonds is 5. The number of anilines is 2. The third-order valence-corrected chi connectivity index (χ3v) is 5.74. The molecule has 148 valence electrons. The van der Waals surface area contributed by atoms with Crippen LogP contribution in [0.15, 0.2) is 48.5 Å². The Morgan fingerprint density at radius 2 is 2.07 bits per heavy atom. The molecule has 1 aliphatic heterocycles. The molecule has 0 saturated carbocycles. The van der Waals surface area contributed by atoms with Crippen molar-refractivity contribution in [3.05, 3.63) is 75.5 Å². The summed E-state index contributed by atoms with van der Waals surface area (Å²) >= 11 is 1.32. The first-order valence-electron chi connectivity index (χ1n) is 9.17. The van der Waals surface area contributed by atoms with E-state index in [9.17, 15) is 14.0 Å². The van der Waals surface area contributed by atoms with Gasteiger partial charge in [-0.25, -0.2) is 14.2 Å². The Kier molecular flexibility index (Phi) is 5.26. The van der Waals surface area contributed by atoms with E-state index in [1.165, 1.54) is 23.5 Å². The van der Waals surface area contributed by atoms with Gasteiger partial charge in [0, 0.05) is 30.9 Å². The number of benzene rings is 2. The average Bonchev–Trinajstić information content (AvgIpc) is 3.29. The van der Waals surface area contributed by atoms with Crippen molar-refractivity contribution in [1.29, 1.82) is 0 Å². The molecule has 3 aromatic rings. The summed E-state index contributed by atoms with van der Waals surface area (Å²) < 4.78 is 13.1. The normalized spacial score (nSPS) is 13.4. The van der Waals surface area contributed by atoms with Gasteiger partial charge in [0.15, 0.2) is 0 Å². The minimum absolute atomic E-state index is 0.141. The molecular weight excluding hydrogens is 391 g/mol. The van der Waals surface area contributed by atoms with E-state index < -0.39 is 0 Å². The monoisotopic (exact) mass is 410 g/mol. The van der Waals surface area contributed by atoms with E-state index in [4.69, 9.17) is 0 Å². The summed E-state index contributed by atoms with van der Waals surface area (Å²) in [7, 11) is 0.